The van der Waals surface area contributed by atoms with E-state index in [1.165, 1.54) is 11.3 Å². The van der Waals surface area contributed by atoms with Crippen LogP contribution in [0.15, 0.2) is 6.20 Å². The average Bonchev–Trinajstić information content (AvgIpc) is 2.33. The smallest absolute Gasteiger partial charge is 0.0522 e. The first-order chi connectivity index (χ1) is 4.75. The van der Waals surface area contributed by atoms with Gasteiger partial charge in [0.15, 0.2) is 0 Å². The highest BCUT2D eigenvalue weighted by Crippen LogP contribution is 2.15. The molecule has 1 rings (SSSR count). The molecule has 1 aromatic heterocycles. The van der Waals surface area contributed by atoms with Crippen molar-refractivity contribution in [1.29, 1.82) is 0 Å². The number of nitrogens with zero attached hydrogens (tertiary/aromatic N) is 1. The molecule has 0 saturated heterocycles. The number of rotatable bonds is 2. The maximum Gasteiger partial charge on any atom is 0.0522 e. The van der Waals surface area contributed by atoms with E-state index in [4.69, 9.17) is 0 Å². The Balaban J connectivity index is 2.90. The fourth-order valence-electron chi connectivity index (χ4n) is 1.10. The summed E-state index contributed by atoms with van der Waals surface area (Å²) in [6.45, 7) is 6.50. The van der Waals surface area contributed by atoms with Gasteiger partial charge in [0, 0.05) is 5.69 Å². The molecular formula is C8H14N2. The van der Waals surface area contributed by atoms with E-state index in [-0.39, 0.29) is 0 Å². The lowest BCUT2D eigenvalue weighted by Gasteiger charge is -2.02. The van der Waals surface area contributed by atoms with E-state index in [1.807, 2.05) is 6.20 Å². The summed E-state index contributed by atoms with van der Waals surface area (Å²) in [4.78, 5) is 0. The SMILES string of the molecule is CCc1cn[nH]c1C(C)C. The summed E-state index contributed by atoms with van der Waals surface area (Å²) in [7, 11) is 0. The molecule has 0 radical (unpaired) electrons. The Hall–Kier alpha value is -0.790. The van der Waals surface area contributed by atoms with Gasteiger partial charge in [-0.3, -0.25) is 5.10 Å². The Labute approximate surface area is 61.7 Å². The molecule has 2 heteroatoms. The van der Waals surface area contributed by atoms with Crippen LogP contribution in [0.1, 0.15) is 37.9 Å². The second-order valence-corrected chi connectivity index (χ2v) is 2.82. The number of aromatic nitrogens is 2. The minimum Gasteiger partial charge on any atom is -0.282 e. The van der Waals surface area contributed by atoms with Crippen molar-refractivity contribution >= 4 is 0 Å². The van der Waals surface area contributed by atoms with Gasteiger partial charge < -0.3 is 0 Å². The fourth-order valence-corrected chi connectivity index (χ4v) is 1.10. The van der Waals surface area contributed by atoms with Crippen LogP contribution in [0.25, 0.3) is 0 Å². The van der Waals surface area contributed by atoms with Crippen molar-refractivity contribution < 1.29 is 0 Å². The first-order valence-electron chi connectivity index (χ1n) is 3.77. The number of nitrogens with one attached hydrogen (secondary N) is 1. The van der Waals surface area contributed by atoms with Crippen LogP contribution in [-0.4, -0.2) is 10.2 Å². The first kappa shape index (κ1) is 7.32. The average molecular weight is 138 g/mol. The molecular weight excluding hydrogens is 124 g/mol. The van der Waals surface area contributed by atoms with Crippen molar-refractivity contribution in [2.45, 2.75) is 33.1 Å². The summed E-state index contributed by atoms with van der Waals surface area (Å²) >= 11 is 0. The molecule has 0 atom stereocenters. The topological polar surface area (TPSA) is 28.7 Å². The zero-order valence-corrected chi connectivity index (χ0v) is 6.81. The van der Waals surface area contributed by atoms with Gasteiger partial charge in [0.05, 0.1) is 6.20 Å². The highest BCUT2D eigenvalue weighted by molar-refractivity contribution is 5.18. The van der Waals surface area contributed by atoms with Crippen LogP contribution in [0.4, 0.5) is 0 Å². The molecule has 0 unspecified atom stereocenters. The molecule has 0 aliphatic carbocycles. The van der Waals surface area contributed by atoms with Gasteiger partial charge in [0.2, 0.25) is 0 Å². The zero-order valence-electron chi connectivity index (χ0n) is 6.81. The third-order valence-electron chi connectivity index (χ3n) is 1.71. The molecule has 0 spiro atoms. The summed E-state index contributed by atoms with van der Waals surface area (Å²) in [6, 6.07) is 0. The lowest BCUT2D eigenvalue weighted by Crippen LogP contribution is -1.92. The Kier molecular flexibility index (Phi) is 2.10. The van der Waals surface area contributed by atoms with Crippen LogP contribution in [0, 0.1) is 0 Å². The fraction of sp³-hybridized carbons (Fsp3) is 0.625. The number of aryl methyl sites for hydroxylation is 1. The monoisotopic (exact) mass is 138 g/mol. The third kappa shape index (κ3) is 1.20. The molecule has 1 aromatic rings. The van der Waals surface area contributed by atoms with Gasteiger partial charge in [-0.2, -0.15) is 5.10 Å². The maximum absolute atomic E-state index is 3.99. The second kappa shape index (κ2) is 2.86. The van der Waals surface area contributed by atoms with E-state index in [2.05, 4.69) is 31.0 Å². The van der Waals surface area contributed by atoms with E-state index in [1.54, 1.807) is 0 Å². The second-order valence-electron chi connectivity index (χ2n) is 2.82. The molecule has 1 N–H and O–H groups in total. The molecule has 56 valence electrons. The van der Waals surface area contributed by atoms with Crippen LogP contribution >= 0.6 is 0 Å². The van der Waals surface area contributed by atoms with Gasteiger partial charge >= 0.3 is 0 Å². The standard InChI is InChI=1S/C8H14N2/c1-4-7-5-9-10-8(7)6(2)3/h5-6H,4H2,1-3H3,(H,9,10). The van der Waals surface area contributed by atoms with E-state index in [0.29, 0.717) is 5.92 Å². The largest absolute Gasteiger partial charge is 0.282 e. The summed E-state index contributed by atoms with van der Waals surface area (Å²) in [5.74, 6) is 0.567. The minimum atomic E-state index is 0.567. The normalized spacial score (nSPS) is 10.8. The lowest BCUT2D eigenvalue weighted by molar-refractivity contribution is 0.797. The predicted molar refractivity (Wildman–Crippen MR) is 42.1 cm³/mol. The molecule has 0 saturated carbocycles. The summed E-state index contributed by atoms with van der Waals surface area (Å²) in [5, 5.41) is 7.00. The molecule has 1 heterocycles. The van der Waals surface area contributed by atoms with E-state index in [9.17, 15) is 0 Å². The molecule has 0 fully saturated rings. The number of hydrogen-bond acceptors (Lipinski definition) is 1. The maximum atomic E-state index is 3.99. The Morgan fingerprint density at radius 2 is 2.30 bits per heavy atom. The zero-order chi connectivity index (χ0) is 7.56. The van der Waals surface area contributed by atoms with E-state index >= 15 is 0 Å². The third-order valence-corrected chi connectivity index (χ3v) is 1.71. The molecule has 0 aromatic carbocycles. The van der Waals surface area contributed by atoms with E-state index < -0.39 is 0 Å². The van der Waals surface area contributed by atoms with Gasteiger partial charge in [0.1, 0.15) is 0 Å². The van der Waals surface area contributed by atoms with Gasteiger partial charge in [0.25, 0.3) is 0 Å². The van der Waals surface area contributed by atoms with Gasteiger partial charge in [-0.1, -0.05) is 20.8 Å². The molecule has 0 aliphatic rings. The minimum absolute atomic E-state index is 0.567. The van der Waals surface area contributed by atoms with Crippen molar-refractivity contribution in [2.24, 2.45) is 0 Å². The molecule has 0 amide bonds. The number of hydrogen-bond donors (Lipinski definition) is 1. The summed E-state index contributed by atoms with van der Waals surface area (Å²) < 4.78 is 0. The number of aromatic amines is 1. The number of H-pyrrole nitrogens is 1. The van der Waals surface area contributed by atoms with Crippen molar-refractivity contribution in [3.05, 3.63) is 17.5 Å². The molecule has 10 heavy (non-hydrogen) atoms. The van der Waals surface area contributed by atoms with Gasteiger partial charge in [-0.25, -0.2) is 0 Å². The van der Waals surface area contributed by atoms with Crippen molar-refractivity contribution in [3.63, 3.8) is 0 Å². The predicted octanol–water partition coefficient (Wildman–Crippen LogP) is 2.10. The molecule has 2 nitrogen and oxygen atoms in total. The highest BCUT2D eigenvalue weighted by Gasteiger charge is 2.05. The molecule has 0 aliphatic heterocycles. The van der Waals surface area contributed by atoms with Crippen LogP contribution in [-0.2, 0) is 6.42 Å². The van der Waals surface area contributed by atoms with Crippen LogP contribution in [0.2, 0.25) is 0 Å². The first-order valence-corrected chi connectivity index (χ1v) is 3.77. The van der Waals surface area contributed by atoms with Crippen molar-refractivity contribution in [1.82, 2.24) is 10.2 Å². The Bertz CT molecular complexity index is 201. The van der Waals surface area contributed by atoms with Gasteiger partial charge in [-0.05, 0) is 17.9 Å². The van der Waals surface area contributed by atoms with E-state index in [0.717, 1.165) is 6.42 Å². The van der Waals surface area contributed by atoms with Crippen molar-refractivity contribution in [2.75, 3.05) is 0 Å². The van der Waals surface area contributed by atoms with Crippen LogP contribution in [0.5, 0.6) is 0 Å². The Morgan fingerprint density at radius 1 is 1.60 bits per heavy atom. The summed E-state index contributed by atoms with van der Waals surface area (Å²) in [6.07, 6.45) is 2.99. The lowest BCUT2D eigenvalue weighted by atomic mass is 10.1. The Morgan fingerprint density at radius 3 is 2.70 bits per heavy atom. The summed E-state index contributed by atoms with van der Waals surface area (Å²) in [5.41, 5.74) is 2.62. The quantitative estimate of drug-likeness (QED) is 0.666. The van der Waals surface area contributed by atoms with Crippen LogP contribution < -0.4 is 0 Å². The van der Waals surface area contributed by atoms with Gasteiger partial charge in [-0.15, -0.1) is 0 Å². The molecule has 0 bridgehead atoms. The van der Waals surface area contributed by atoms with Crippen molar-refractivity contribution in [3.8, 4) is 0 Å². The highest BCUT2D eigenvalue weighted by atomic mass is 15.1. The van der Waals surface area contributed by atoms with Crippen LogP contribution in [0.3, 0.4) is 0 Å².